The quantitative estimate of drug-likeness (QED) is 0.210. The minimum atomic E-state index is -4.24. The normalized spacial score (nSPS) is 12.1. The van der Waals surface area contributed by atoms with Gasteiger partial charge >= 0.3 is 0 Å². The molecule has 41 heavy (non-hydrogen) atoms. The molecule has 0 fully saturated rings. The van der Waals surface area contributed by atoms with Crippen molar-refractivity contribution < 1.29 is 18.0 Å². The highest BCUT2D eigenvalue weighted by Crippen LogP contribution is 2.31. The van der Waals surface area contributed by atoms with Crippen LogP contribution in [0.3, 0.4) is 0 Å². The molecule has 0 bridgehead atoms. The molecule has 0 unspecified atom stereocenters. The molecule has 1 atom stereocenters. The number of carbonyl (C=O) groups is 2. The first-order valence-corrected chi connectivity index (χ1v) is 15.9. The Kier molecular flexibility index (Phi) is 11.8. The second kappa shape index (κ2) is 14.6. The Labute approximate surface area is 261 Å². The summed E-state index contributed by atoms with van der Waals surface area (Å²) < 4.78 is 28.7. The highest BCUT2D eigenvalue weighted by Gasteiger charge is 2.33. The summed E-state index contributed by atoms with van der Waals surface area (Å²) in [5.74, 6) is -1.00. The van der Waals surface area contributed by atoms with Crippen LogP contribution in [0.4, 0.5) is 5.69 Å². The van der Waals surface area contributed by atoms with Gasteiger partial charge in [-0.1, -0.05) is 83.5 Å². The zero-order valence-corrected chi connectivity index (χ0v) is 26.7. The number of amides is 2. The number of sulfonamides is 1. The van der Waals surface area contributed by atoms with Crippen LogP contribution in [0.1, 0.15) is 37.8 Å². The van der Waals surface area contributed by atoms with Crippen molar-refractivity contribution in [3.63, 3.8) is 0 Å². The van der Waals surface area contributed by atoms with Crippen molar-refractivity contribution in [3.8, 4) is 0 Å². The molecule has 0 saturated heterocycles. The Balaban J connectivity index is 2.05. The van der Waals surface area contributed by atoms with E-state index in [4.69, 9.17) is 46.4 Å². The number of anilines is 1. The summed E-state index contributed by atoms with van der Waals surface area (Å²) >= 11 is 24.8. The highest BCUT2D eigenvalue weighted by atomic mass is 35.5. The standard InChI is InChI=1S/C29H31Cl4N3O4S/c1-4-5-14-34-29(38)20(3)35(17-21-8-9-22(30)15-26(21)32)28(37)18-36(23-10-13-25(31)27(33)16-23)41(39,40)24-11-6-19(2)7-12-24/h6-13,15-16,20H,4-5,14,17-18H2,1-3H3,(H,34,38)/t20-/m1/s1. The molecule has 0 aromatic heterocycles. The zero-order valence-electron chi connectivity index (χ0n) is 22.8. The largest absolute Gasteiger partial charge is 0.354 e. The Morgan fingerprint density at radius 1 is 0.902 bits per heavy atom. The molecule has 0 aliphatic carbocycles. The van der Waals surface area contributed by atoms with E-state index in [0.29, 0.717) is 22.2 Å². The summed E-state index contributed by atoms with van der Waals surface area (Å²) in [5.41, 5.74) is 1.55. The molecule has 7 nitrogen and oxygen atoms in total. The molecule has 0 heterocycles. The molecule has 12 heteroatoms. The third-order valence-electron chi connectivity index (χ3n) is 6.43. The Bertz CT molecular complexity index is 1500. The minimum Gasteiger partial charge on any atom is -0.354 e. The average Bonchev–Trinajstić information content (AvgIpc) is 2.92. The summed E-state index contributed by atoms with van der Waals surface area (Å²) in [6, 6.07) is 14.4. The summed E-state index contributed by atoms with van der Waals surface area (Å²) in [6.07, 6.45) is 1.66. The number of nitrogens with one attached hydrogen (secondary N) is 1. The van der Waals surface area contributed by atoms with Crippen LogP contribution in [-0.2, 0) is 26.2 Å². The first-order valence-electron chi connectivity index (χ1n) is 12.9. The van der Waals surface area contributed by atoms with Crippen LogP contribution in [0.15, 0.2) is 65.6 Å². The van der Waals surface area contributed by atoms with Crippen LogP contribution in [0.5, 0.6) is 0 Å². The van der Waals surface area contributed by atoms with E-state index in [0.717, 1.165) is 22.7 Å². The smallest absolute Gasteiger partial charge is 0.264 e. The van der Waals surface area contributed by atoms with E-state index in [-0.39, 0.29) is 33.1 Å². The molecule has 0 aliphatic rings. The van der Waals surface area contributed by atoms with Crippen LogP contribution in [0.25, 0.3) is 0 Å². The van der Waals surface area contributed by atoms with Gasteiger partial charge in [0.2, 0.25) is 11.8 Å². The monoisotopic (exact) mass is 657 g/mol. The molecule has 3 aromatic rings. The van der Waals surface area contributed by atoms with Crippen molar-refractivity contribution in [2.75, 3.05) is 17.4 Å². The summed E-state index contributed by atoms with van der Waals surface area (Å²) in [6.45, 7) is 5.19. The second-order valence-electron chi connectivity index (χ2n) is 9.50. The maximum Gasteiger partial charge on any atom is 0.264 e. The van der Waals surface area contributed by atoms with E-state index in [2.05, 4.69) is 5.32 Å². The molecule has 3 rings (SSSR count). The van der Waals surface area contributed by atoms with E-state index in [1.807, 2.05) is 13.8 Å². The molecule has 0 spiro atoms. The van der Waals surface area contributed by atoms with Gasteiger partial charge in [-0.25, -0.2) is 8.42 Å². The lowest BCUT2D eigenvalue weighted by atomic mass is 10.1. The van der Waals surface area contributed by atoms with Crippen LogP contribution in [-0.4, -0.2) is 44.3 Å². The highest BCUT2D eigenvalue weighted by molar-refractivity contribution is 7.92. The van der Waals surface area contributed by atoms with Crippen LogP contribution < -0.4 is 9.62 Å². The zero-order chi connectivity index (χ0) is 30.3. The van der Waals surface area contributed by atoms with Crippen LogP contribution in [0.2, 0.25) is 20.1 Å². The molecule has 0 aliphatic heterocycles. The lowest BCUT2D eigenvalue weighted by Crippen LogP contribution is -2.51. The maximum atomic E-state index is 14.0. The third-order valence-corrected chi connectivity index (χ3v) is 9.55. The van der Waals surface area contributed by atoms with Gasteiger partial charge in [0.25, 0.3) is 10.0 Å². The third kappa shape index (κ3) is 8.52. The number of benzene rings is 3. The number of aryl methyl sites for hydroxylation is 1. The lowest BCUT2D eigenvalue weighted by Gasteiger charge is -2.32. The molecular weight excluding hydrogens is 628 g/mol. The average molecular weight is 659 g/mol. The first-order chi connectivity index (χ1) is 19.3. The number of hydrogen-bond acceptors (Lipinski definition) is 4. The topological polar surface area (TPSA) is 86.8 Å². The molecule has 3 aromatic carbocycles. The number of halogens is 4. The number of rotatable bonds is 12. The number of carbonyl (C=O) groups excluding carboxylic acids is 2. The molecule has 0 saturated carbocycles. The molecular formula is C29H31Cl4N3O4S. The van der Waals surface area contributed by atoms with Gasteiger partial charge < -0.3 is 10.2 Å². The summed E-state index contributed by atoms with van der Waals surface area (Å²) in [4.78, 5) is 28.3. The predicted octanol–water partition coefficient (Wildman–Crippen LogP) is 7.14. The molecule has 220 valence electrons. The van der Waals surface area contributed by atoms with E-state index >= 15 is 0 Å². The van der Waals surface area contributed by atoms with Crippen molar-refractivity contribution >= 4 is 73.9 Å². The lowest BCUT2D eigenvalue weighted by molar-refractivity contribution is -0.139. The Morgan fingerprint density at radius 2 is 1.59 bits per heavy atom. The van der Waals surface area contributed by atoms with Gasteiger partial charge in [0.05, 0.1) is 20.6 Å². The van der Waals surface area contributed by atoms with Crippen molar-refractivity contribution in [1.82, 2.24) is 10.2 Å². The van der Waals surface area contributed by atoms with Gasteiger partial charge in [0.15, 0.2) is 0 Å². The van der Waals surface area contributed by atoms with Crippen LogP contribution in [0, 0.1) is 6.92 Å². The van der Waals surface area contributed by atoms with E-state index in [9.17, 15) is 18.0 Å². The fraction of sp³-hybridized carbons (Fsp3) is 0.310. The number of unbranched alkanes of at least 4 members (excludes halogenated alkanes) is 1. The first kappa shape index (κ1) is 33.0. The SMILES string of the molecule is CCCCNC(=O)[C@@H](C)N(Cc1ccc(Cl)cc1Cl)C(=O)CN(c1ccc(Cl)c(Cl)c1)S(=O)(=O)c1ccc(C)cc1. The molecule has 2 amide bonds. The Hall–Kier alpha value is -2.49. The van der Waals surface area contributed by atoms with Gasteiger partial charge in [-0.3, -0.25) is 13.9 Å². The van der Waals surface area contributed by atoms with Crippen molar-refractivity contribution in [2.24, 2.45) is 0 Å². The van der Waals surface area contributed by atoms with Gasteiger partial charge in [-0.15, -0.1) is 0 Å². The molecule has 0 radical (unpaired) electrons. The molecule has 1 N–H and O–H groups in total. The van der Waals surface area contributed by atoms with Crippen molar-refractivity contribution in [2.45, 2.75) is 51.1 Å². The summed E-state index contributed by atoms with van der Waals surface area (Å²) in [5, 5.41) is 3.91. The summed E-state index contributed by atoms with van der Waals surface area (Å²) in [7, 11) is -4.24. The van der Waals surface area contributed by atoms with Gasteiger partial charge in [-0.2, -0.15) is 0 Å². The van der Waals surface area contributed by atoms with E-state index < -0.39 is 28.5 Å². The van der Waals surface area contributed by atoms with Crippen LogP contribution >= 0.6 is 46.4 Å². The fourth-order valence-electron chi connectivity index (χ4n) is 3.96. The minimum absolute atomic E-state index is 0.0142. The van der Waals surface area contributed by atoms with Crippen molar-refractivity contribution in [1.29, 1.82) is 0 Å². The van der Waals surface area contributed by atoms with E-state index in [1.165, 1.54) is 41.3 Å². The number of nitrogens with zero attached hydrogens (tertiary/aromatic N) is 2. The van der Waals surface area contributed by atoms with Gasteiger partial charge in [0, 0.05) is 23.1 Å². The number of hydrogen-bond donors (Lipinski definition) is 1. The Morgan fingerprint density at radius 3 is 2.20 bits per heavy atom. The second-order valence-corrected chi connectivity index (χ2v) is 13.0. The van der Waals surface area contributed by atoms with Gasteiger partial charge in [0.1, 0.15) is 12.6 Å². The maximum absolute atomic E-state index is 14.0. The van der Waals surface area contributed by atoms with Gasteiger partial charge in [-0.05, 0) is 68.3 Å². The fourth-order valence-corrected chi connectivity index (χ4v) is 6.13. The predicted molar refractivity (Wildman–Crippen MR) is 167 cm³/mol. The van der Waals surface area contributed by atoms with Crippen molar-refractivity contribution in [3.05, 3.63) is 91.9 Å². The van der Waals surface area contributed by atoms with E-state index in [1.54, 1.807) is 31.2 Å².